The summed E-state index contributed by atoms with van der Waals surface area (Å²) in [6, 6.07) is 0.910. The second kappa shape index (κ2) is 4.10. The SMILES string of the molecule is CC1(C)CC(NC2CCCc3cn[nH]c32)CO1. The Bertz CT molecular complexity index is 399. The van der Waals surface area contributed by atoms with Crippen LogP contribution in [0.25, 0.3) is 0 Å². The molecule has 0 saturated carbocycles. The first kappa shape index (κ1) is 11.2. The number of nitrogens with one attached hydrogen (secondary N) is 2. The molecule has 17 heavy (non-hydrogen) atoms. The molecular formula is C13H21N3O. The molecule has 1 saturated heterocycles. The molecule has 1 aromatic rings. The number of hydrogen-bond acceptors (Lipinski definition) is 3. The second-order valence-corrected chi connectivity index (χ2v) is 5.89. The lowest BCUT2D eigenvalue weighted by molar-refractivity contribution is 0.0355. The second-order valence-electron chi connectivity index (χ2n) is 5.89. The fourth-order valence-electron chi connectivity index (χ4n) is 3.06. The van der Waals surface area contributed by atoms with Crippen LogP contribution in [-0.4, -0.2) is 28.4 Å². The van der Waals surface area contributed by atoms with Crippen molar-refractivity contribution in [2.24, 2.45) is 0 Å². The molecule has 4 heteroatoms. The van der Waals surface area contributed by atoms with Gasteiger partial charge in [0.1, 0.15) is 0 Å². The number of aromatic nitrogens is 2. The van der Waals surface area contributed by atoms with Crippen molar-refractivity contribution < 1.29 is 4.74 Å². The quantitative estimate of drug-likeness (QED) is 0.823. The Morgan fingerprint density at radius 1 is 1.53 bits per heavy atom. The number of ether oxygens (including phenoxy) is 1. The van der Waals surface area contributed by atoms with E-state index in [1.165, 1.54) is 24.1 Å². The Morgan fingerprint density at radius 2 is 2.41 bits per heavy atom. The van der Waals surface area contributed by atoms with Crippen LogP contribution in [-0.2, 0) is 11.2 Å². The molecule has 4 nitrogen and oxygen atoms in total. The summed E-state index contributed by atoms with van der Waals surface area (Å²) >= 11 is 0. The molecule has 2 aliphatic rings. The highest BCUT2D eigenvalue weighted by Gasteiger charge is 2.34. The van der Waals surface area contributed by atoms with Gasteiger partial charge in [0, 0.05) is 12.1 Å². The summed E-state index contributed by atoms with van der Waals surface area (Å²) in [6.07, 6.45) is 6.68. The van der Waals surface area contributed by atoms with Crippen molar-refractivity contribution >= 4 is 0 Å². The summed E-state index contributed by atoms with van der Waals surface area (Å²) in [6.45, 7) is 5.15. The maximum absolute atomic E-state index is 5.78. The molecule has 2 N–H and O–H groups in total. The van der Waals surface area contributed by atoms with E-state index in [9.17, 15) is 0 Å². The fourth-order valence-corrected chi connectivity index (χ4v) is 3.06. The first-order chi connectivity index (χ1) is 8.14. The predicted octanol–water partition coefficient (Wildman–Crippen LogP) is 1.94. The van der Waals surface area contributed by atoms with Crippen molar-refractivity contribution in [2.45, 2.75) is 57.2 Å². The van der Waals surface area contributed by atoms with Gasteiger partial charge in [-0.25, -0.2) is 0 Å². The Kier molecular flexibility index (Phi) is 2.71. The molecule has 0 radical (unpaired) electrons. The van der Waals surface area contributed by atoms with Crippen molar-refractivity contribution in [1.29, 1.82) is 0 Å². The molecule has 0 bridgehead atoms. The van der Waals surface area contributed by atoms with Crippen LogP contribution in [0.3, 0.4) is 0 Å². The molecule has 0 aromatic carbocycles. The summed E-state index contributed by atoms with van der Waals surface area (Å²) in [5.74, 6) is 0. The summed E-state index contributed by atoms with van der Waals surface area (Å²) in [4.78, 5) is 0. The van der Waals surface area contributed by atoms with Gasteiger partial charge in [-0.2, -0.15) is 5.10 Å². The number of aryl methyl sites for hydroxylation is 1. The average Bonchev–Trinajstić information content (AvgIpc) is 2.85. The van der Waals surface area contributed by atoms with Crippen molar-refractivity contribution in [3.63, 3.8) is 0 Å². The van der Waals surface area contributed by atoms with Crippen molar-refractivity contribution in [1.82, 2.24) is 15.5 Å². The normalized spacial score (nSPS) is 31.4. The molecule has 2 atom stereocenters. The smallest absolute Gasteiger partial charge is 0.0643 e. The van der Waals surface area contributed by atoms with E-state index in [1.807, 2.05) is 6.20 Å². The van der Waals surface area contributed by atoms with Gasteiger partial charge in [-0.15, -0.1) is 0 Å². The van der Waals surface area contributed by atoms with Crippen LogP contribution >= 0.6 is 0 Å². The number of fused-ring (bicyclic) bond motifs is 1. The number of aromatic amines is 1. The summed E-state index contributed by atoms with van der Waals surface area (Å²) in [7, 11) is 0. The largest absolute Gasteiger partial charge is 0.374 e. The van der Waals surface area contributed by atoms with Crippen molar-refractivity contribution in [3.05, 3.63) is 17.5 Å². The lowest BCUT2D eigenvalue weighted by Gasteiger charge is -2.26. The van der Waals surface area contributed by atoms with Gasteiger partial charge in [-0.05, 0) is 45.1 Å². The Balaban J connectivity index is 1.68. The molecule has 1 aliphatic heterocycles. The zero-order chi connectivity index (χ0) is 11.9. The van der Waals surface area contributed by atoms with Crippen LogP contribution in [0.1, 0.15) is 50.4 Å². The number of nitrogens with zero attached hydrogens (tertiary/aromatic N) is 1. The first-order valence-corrected chi connectivity index (χ1v) is 6.56. The Labute approximate surface area is 102 Å². The van der Waals surface area contributed by atoms with Gasteiger partial charge in [0.2, 0.25) is 0 Å². The van der Waals surface area contributed by atoms with Crippen LogP contribution in [0.2, 0.25) is 0 Å². The van der Waals surface area contributed by atoms with Crippen LogP contribution in [0.4, 0.5) is 0 Å². The van der Waals surface area contributed by atoms with Crippen LogP contribution < -0.4 is 5.32 Å². The van der Waals surface area contributed by atoms with Crippen LogP contribution in [0.15, 0.2) is 6.20 Å². The molecule has 2 unspecified atom stereocenters. The average molecular weight is 235 g/mol. The highest BCUT2D eigenvalue weighted by molar-refractivity contribution is 5.23. The number of hydrogen-bond donors (Lipinski definition) is 2. The lowest BCUT2D eigenvalue weighted by atomic mass is 9.92. The van der Waals surface area contributed by atoms with E-state index >= 15 is 0 Å². The van der Waals surface area contributed by atoms with Crippen LogP contribution in [0, 0.1) is 0 Å². The molecule has 3 rings (SSSR count). The van der Waals surface area contributed by atoms with Gasteiger partial charge in [0.15, 0.2) is 0 Å². The van der Waals surface area contributed by atoms with E-state index in [2.05, 4.69) is 29.4 Å². The van der Waals surface area contributed by atoms with Crippen LogP contribution in [0.5, 0.6) is 0 Å². The minimum absolute atomic E-state index is 0.0309. The minimum Gasteiger partial charge on any atom is -0.374 e. The Hall–Kier alpha value is -0.870. The van der Waals surface area contributed by atoms with Gasteiger partial charge in [-0.3, -0.25) is 5.10 Å². The summed E-state index contributed by atoms with van der Waals surface area (Å²) in [5, 5.41) is 11.0. The van der Waals surface area contributed by atoms with E-state index in [1.54, 1.807) is 0 Å². The van der Waals surface area contributed by atoms with Gasteiger partial charge in [-0.1, -0.05) is 0 Å². The standard InChI is InChI=1S/C13H21N3O/c1-13(2)6-10(8-17-13)15-11-5-3-4-9-7-14-16-12(9)11/h7,10-11,15H,3-6,8H2,1-2H3,(H,14,16). The van der Waals surface area contributed by atoms with Gasteiger partial charge in [0.25, 0.3) is 0 Å². The molecule has 94 valence electrons. The molecule has 1 fully saturated rings. The van der Waals surface area contributed by atoms with E-state index in [0.717, 1.165) is 19.4 Å². The zero-order valence-corrected chi connectivity index (χ0v) is 10.6. The molecular weight excluding hydrogens is 214 g/mol. The molecule has 0 amide bonds. The summed E-state index contributed by atoms with van der Waals surface area (Å²) < 4.78 is 5.78. The van der Waals surface area contributed by atoms with Gasteiger partial charge >= 0.3 is 0 Å². The highest BCUT2D eigenvalue weighted by atomic mass is 16.5. The van der Waals surface area contributed by atoms with E-state index in [-0.39, 0.29) is 5.60 Å². The lowest BCUT2D eigenvalue weighted by Crippen LogP contribution is -2.35. The van der Waals surface area contributed by atoms with E-state index < -0.39 is 0 Å². The van der Waals surface area contributed by atoms with Crippen molar-refractivity contribution in [3.8, 4) is 0 Å². The maximum Gasteiger partial charge on any atom is 0.0643 e. The third-order valence-electron chi connectivity index (χ3n) is 3.89. The summed E-state index contributed by atoms with van der Waals surface area (Å²) in [5.41, 5.74) is 2.70. The molecule has 0 spiro atoms. The topological polar surface area (TPSA) is 49.9 Å². The van der Waals surface area contributed by atoms with Crippen molar-refractivity contribution in [2.75, 3.05) is 6.61 Å². The minimum atomic E-state index is 0.0309. The first-order valence-electron chi connectivity index (χ1n) is 6.56. The predicted molar refractivity (Wildman–Crippen MR) is 65.8 cm³/mol. The third kappa shape index (κ3) is 2.24. The Morgan fingerprint density at radius 3 is 3.18 bits per heavy atom. The number of H-pyrrole nitrogens is 1. The maximum atomic E-state index is 5.78. The van der Waals surface area contributed by atoms with Gasteiger partial charge in [0.05, 0.1) is 24.1 Å². The monoisotopic (exact) mass is 235 g/mol. The fraction of sp³-hybridized carbons (Fsp3) is 0.769. The molecule has 1 aromatic heterocycles. The van der Waals surface area contributed by atoms with E-state index in [0.29, 0.717) is 12.1 Å². The third-order valence-corrected chi connectivity index (χ3v) is 3.89. The van der Waals surface area contributed by atoms with E-state index in [4.69, 9.17) is 4.74 Å². The van der Waals surface area contributed by atoms with Gasteiger partial charge < -0.3 is 10.1 Å². The molecule has 1 aliphatic carbocycles. The molecule has 2 heterocycles. The highest BCUT2D eigenvalue weighted by Crippen LogP contribution is 2.31. The number of rotatable bonds is 2. The zero-order valence-electron chi connectivity index (χ0n) is 10.6.